The standard InChI is InChI=1S/C12H23NO3/c1-5-12(15)7-6-8-13(9-12)10(14)16-11(2,3)4/h15H,5-9H2,1-4H3/t12-/m1/s1. The molecule has 1 atom stereocenters. The largest absolute Gasteiger partial charge is 0.444 e. The number of rotatable bonds is 1. The zero-order chi connectivity index (χ0) is 12.4. The molecule has 0 unspecified atom stereocenters. The van der Waals surface area contributed by atoms with Crippen LogP contribution in [-0.4, -0.2) is 40.4 Å². The summed E-state index contributed by atoms with van der Waals surface area (Å²) < 4.78 is 5.29. The molecule has 0 bridgehead atoms. The lowest BCUT2D eigenvalue weighted by Crippen LogP contribution is -2.51. The highest BCUT2D eigenvalue weighted by molar-refractivity contribution is 5.68. The van der Waals surface area contributed by atoms with E-state index in [-0.39, 0.29) is 6.09 Å². The van der Waals surface area contributed by atoms with Crippen molar-refractivity contribution in [3.05, 3.63) is 0 Å². The van der Waals surface area contributed by atoms with Gasteiger partial charge in [0.25, 0.3) is 0 Å². The van der Waals surface area contributed by atoms with Crippen LogP contribution in [0.3, 0.4) is 0 Å². The summed E-state index contributed by atoms with van der Waals surface area (Å²) in [6.45, 7) is 8.55. The molecule has 16 heavy (non-hydrogen) atoms. The van der Waals surface area contributed by atoms with Gasteiger partial charge in [-0.3, -0.25) is 0 Å². The van der Waals surface area contributed by atoms with Gasteiger partial charge in [0.15, 0.2) is 0 Å². The molecule has 4 heteroatoms. The fourth-order valence-corrected chi connectivity index (χ4v) is 1.88. The van der Waals surface area contributed by atoms with Gasteiger partial charge in [-0.05, 0) is 40.0 Å². The first-order valence-corrected chi connectivity index (χ1v) is 5.96. The highest BCUT2D eigenvalue weighted by Gasteiger charge is 2.35. The number of piperidine rings is 1. The number of carbonyl (C=O) groups is 1. The van der Waals surface area contributed by atoms with Crippen LogP contribution in [0.4, 0.5) is 4.79 Å². The summed E-state index contributed by atoms with van der Waals surface area (Å²) in [7, 11) is 0. The Morgan fingerprint density at radius 3 is 2.62 bits per heavy atom. The minimum absolute atomic E-state index is 0.320. The van der Waals surface area contributed by atoms with Crippen molar-refractivity contribution in [1.82, 2.24) is 4.90 Å². The maximum Gasteiger partial charge on any atom is 0.410 e. The molecule has 1 aliphatic rings. The van der Waals surface area contributed by atoms with Crippen LogP contribution in [0, 0.1) is 0 Å². The molecule has 0 radical (unpaired) electrons. The molecule has 0 spiro atoms. The fraction of sp³-hybridized carbons (Fsp3) is 0.917. The molecule has 0 aromatic rings. The smallest absolute Gasteiger partial charge is 0.410 e. The van der Waals surface area contributed by atoms with Crippen LogP contribution in [0.15, 0.2) is 0 Å². The zero-order valence-electron chi connectivity index (χ0n) is 10.7. The summed E-state index contributed by atoms with van der Waals surface area (Å²) in [6, 6.07) is 0. The second-order valence-corrected chi connectivity index (χ2v) is 5.58. The van der Waals surface area contributed by atoms with Crippen LogP contribution in [0.25, 0.3) is 0 Å². The van der Waals surface area contributed by atoms with Gasteiger partial charge in [0, 0.05) is 6.54 Å². The van der Waals surface area contributed by atoms with E-state index in [2.05, 4.69) is 0 Å². The molecule has 1 fully saturated rings. The molecule has 1 saturated heterocycles. The lowest BCUT2D eigenvalue weighted by molar-refractivity contribution is -0.0446. The normalized spacial score (nSPS) is 26.7. The summed E-state index contributed by atoms with van der Waals surface area (Å²) in [5, 5.41) is 10.1. The third-order valence-corrected chi connectivity index (χ3v) is 2.87. The van der Waals surface area contributed by atoms with Gasteiger partial charge in [0.05, 0.1) is 12.1 Å². The van der Waals surface area contributed by atoms with E-state index in [0.717, 1.165) is 12.8 Å². The molecule has 94 valence electrons. The molecule has 0 saturated carbocycles. The van der Waals surface area contributed by atoms with Gasteiger partial charge in [-0.1, -0.05) is 6.92 Å². The van der Waals surface area contributed by atoms with Gasteiger partial charge < -0.3 is 14.7 Å². The third-order valence-electron chi connectivity index (χ3n) is 2.87. The molecule has 1 N–H and O–H groups in total. The Bertz CT molecular complexity index is 259. The average Bonchev–Trinajstić information content (AvgIpc) is 2.15. The zero-order valence-corrected chi connectivity index (χ0v) is 10.7. The predicted octanol–water partition coefficient (Wildman–Crippen LogP) is 2.16. The van der Waals surface area contributed by atoms with Crippen molar-refractivity contribution >= 4 is 6.09 Å². The Morgan fingerprint density at radius 1 is 1.50 bits per heavy atom. The lowest BCUT2D eigenvalue weighted by Gasteiger charge is -2.39. The molecule has 1 aliphatic heterocycles. The number of hydrogen-bond donors (Lipinski definition) is 1. The Balaban J connectivity index is 2.57. The third kappa shape index (κ3) is 3.67. The van der Waals surface area contributed by atoms with Crippen LogP contribution in [-0.2, 0) is 4.74 Å². The number of β-amino-alcohol motifs (C(OH)–C–C–N with tert-alkyl or cyclic N) is 1. The van der Waals surface area contributed by atoms with Crippen LogP contribution in [0.1, 0.15) is 47.0 Å². The average molecular weight is 229 g/mol. The van der Waals surface area contributed by atoms with E-state index >= 15 is 0 Å². The van der Waals surface area contributed by atoms with Crippen molar-refractivity contribution in [3.8, 4) is 0 Å². The number of nitrogens with zero attached hydrogens (tertiary/aromatic N) is 1. The van der Waals surface area contributed by atoms with Gasteiger partial charge in [0.1, 0.15) is 5.60 Å². The van der Waals surface area contributed by atoms with Crippen molar-refractivity contribution in [2.24, 2.45) is 0 Å². The summed E-state index contributed by atoms with van der Waals surface area (Å²) in [4.78, 5) is 13.4. The maximum absolute atomic E-state index is 11.8. The highest BCUT2D eigenvalue weighted by atomic mass is 16.6. The molecule has 0 aromatic heterocycles. The Kier molecular flexibility index (Phi) is 3.84. The second kappa shape index (κ2) is 4.62. The predicted molar refractivity (Wildman–Crippen MR) is 62.3 cm³/mol. The Labute approximate surface area is 97.6 Å². The molecule has 4 nitrogen and oxygen atoms in total. The van der Waals surface area contributed by atoms with Crippen LogP contribution >= 0.6 is 0 Å². The summed E-state index contributed by atoms with van der Waals surface area (Å²) >= 11 is 0. The first-order chi connectivity index (χ1) is 7.26. The van der Waals surface area contributed by atoms with Gasteiger partial charge in [0.2, 0.25) is 0 Å². The van der Waals surface area contributed by atoms with Gasteiger partial charge in [-0.25, -0.2) is 4.79 Å². The number of aliphatic hydroxyl groups is 1. The van der Waals surface area contributed by atoms with Crippen LogP contribution < -0.4 is 0 Å². The number of hydrogen-bond acceptors (Lipinski definition) is 3. The molecule has 1 heterocycles. The molecule has 0 aliphatic carbocycles. The number of carbonyl (C=O) groups excluding carboxylic acids is 1. The van der Waals surface area contributed by atoms with Gasteiger partial charge >= 0.3 is 6.09 Å². The fourth-order valence-electron chi connectivity index (χ4n) is 1.88. The number of likely N-dealkylation sites (tertiary alicyclic amines) is 1. The topological polar surface area (TPSA) is 49.8 Å². The molecular formula is C12H23NO3. The first-order valence-electron chi connectivity index (χ1n) is 5.96. The van der Waals surface area contributed by atoms with Crippen LogP contribution in [0.2, 0.25) is 0 Å². The van der Waals surface area contributed by atoms with E-state index in [1.54, 1.807) is 4.90 Å². The molecule has 1 rings (SSSR count). The molecule has 0 aromatic carbocycles. The van der Waals surface area contributed by atoms with E-state index in [9.17, 15) is 9.90 Å². The monoisotopic (exact) mass is 229 g/mol. The van der Waals surface area contributed by atoms with E-state index in [1.165, 1.54) is 0 Å². The quantitative estimate of drug-likeness (QED) is 0.749. The van der Waals surface area contributed by atoms with Crippen molar-refractivity contribution in [3.63, 3.8) is 0 Å². The van der Waals surface area contributed by atoms with E-state index in [1.807, 2.05) is 27.7 Å². The van der Waals surface area contributed by atoms with Gasteiger partial charge in [-0.15, -0.1) is 0 Å². The first kappa shape index (κ1) is 13.3. The van der Waals surface area contributed by atoms with E-state index in [4.69, 9.17) is 4.74 Å². The maximum atomic E-state index is 11.8. The van der Waals surface area contributed by atoms with Crippen molar-refractivity contribution in [2.75, 3.05) is 13.1 Å². The van der Waals surface area contributed by atoms with Crippen LogP contribution in [0.5, 0.6) is 0 Å². The van der Waals surface area contributed by atoms with Crippen molar-refractivity contribution < 1.29 is 14.6 Å². The second-order valence-electron chi connectivity index (χ2n) is 5.58. The van der Waals surface area contributed by atoms with Crippen molar-refractivity contribution in [2.45, 2.75) is 58.2 Å². The number of amides is 1. The van der Waals surface area contributed by atoms with E-state index in [0.29, 0.717) is 19.5 Å². The SMILES string of the molecule is CC[C@@]1(O)CCCN(C(=O)OC(C)(C)C)C1. The molecule has 1 amide bonds. The summed E-state index contributed by atoms with van der Waals surface area (Å²) in [5.41, 5.74) is -1.20. The Morgan fingerprint density at radius 2 is 2.12 bits per heavy atom. The minimum atomic E-state index is -0.727. The highest BCUT2D eigenvalue weighted by Crippen LogP contribution is 2.25. The minimum Gasteiger partial charge on any atom is -0.444 e. The molecular weight excluding hydrogens is 206 g/mol. The Hall–Kier alpha value is -0.770. The van der Waals surface area contributed by atoms with Gasteiger partial charge in [-0.2, -0.15) is 0 Å². The lowest BCUT2D eigenvalue weighted by atomic mass is 9.91. The van der Waals surface area contributed by atoms with Crippen molar-refractivity contribution in [1.29, 1.82) is 0 Å². The summed E-state index contributed by atoms with van der Waals surface area (Å²) in [6.07, 6.45) is 1.96. The number of ether oxygens (including phenoxy) is 1. The summed E-state index contributed by atoms with van der Waals surface area (Å²) in [5.74, 6) is 0. The van der Waals surface area contributed by atoms with E-state index < -0.39 is 11.2 Å².